The number of hydrogen-bond acceptors (Lipinski definition) is 3. The van der Waals surface area contributed by atoms with Crippen LogP contribution in [0.2, 0.25) is 0 Å². The van der Waals surface area contributed by atoms with Crippen LogP contribution in [-0.4, -0.2) is 40.5 Å². The lowest BCUT2D eigenvalue weighted by Crippen LogP contribution is -2.34. The van der Waals surface area contributed by atoms with Crippen LogP contribution in [0.15, 0.2) is 48.5 Å². The quantitative estimate of drug-likeness (QED) is 0.807. The van der Waals surface area contributed by atoms with Crippen molar-refractivity contribution in [3.8, 4) is 0 Å². The number of anilines is 1. The predicted octanol–water partition coefficient (Wildman–Crippen LogP) is 3.73. The molecule has 28 heavy (non-hydrogen) atoms. The molecular formula is C22H20N2O4. The SMILES string of the molecule is O=C1c2ccccc2C(=O)N1c1ccc(C2CC2N(CC2CC2)C(=O)O)cc1. The van der Waals surface area contributed by atoms with Gasteiger partial charge >= 0.3 is 6.09 Å². The summed E-state index contributed by atoms with van der Waals surface area (Å²) in [5.74, 6) is 0.0953. The Balaban J connectivity index is 1.33. The van der Waals surface area contributed by atoms with Crippen molar-refractivity contribution in [3.05, 3.63) is 65.2 Å². The van der Waals surface area contributed by atoms with Crippen molar-refractivity contribution in [3.63, 3.8) is 0 Å². The van der Waals surface area contributed by atoms with E-state index in [0.717, 1.165) is 24.8 Å². The van der Waals surface area contributed by atoms with Crippen LogP contribution in [0.3, 0.4) is 0 Å². The van der Waals surface area contributed by atoms with Crippen LogP contribution in [-0.2, 0) is 0 Å². The summed E-state index contributed by atoms with van der Waals surface area (Å²) in [6.07, 6.45) is 2.22. The molecule has 0 bridgehead atoms. The Bertz CT molecular complexity index is 945. The highest BCUT2D eigenvalue weighted by atomic mass is 16.4. The first-order chi connectivity index (χ1) is 13.5. The van der Waals surface area contributed by atoms with E-state index in [2.05, 4.69) is 0 Å². The van der Waals surface area contributed by atoms with Crippen molar-refractivity contribution < 1.29 is 19.5 Å². The third kappa shape index (κ3) is 2.76. The van der Waals surface area contributed by atoms with Crippen molar-refractivity contribution >= 4 is 23.6 Å². The van der Waals surface area contributed by atoms with Crippen LogP contribution in [0.1, 0.15) is 51.5 Å². The molecule has 1 aliphatic heterocycles. The molecule has 0 radical (unpaired) electrons. The molecule has 0 saturated heterocycles. The summed E-state index contributed by atoms with van der Waals surface area (Å²) in [6.45, 7) is 0.629. The van der Waals surface area contributed by atoms with E-state index in [1.54, 1.807) is 41.3 Å². The molecule has 2 aromatic rings. The molecule has 2 saturated carbocycles. The Hall–Kier alpha value is -3.15. The number of hydrogen-bond donors (Lipinski definition) is 1. The van der Waals surface area contributed by atoms with Gasteiger partial charge in [-0.05, 0) is 55.0 Å². The maximum absolute atomic E-state index is 12.6. The average Bonchev–Trinajstić information content (AvgIpc) is 3.61. The molecule has 3 amide bonds. The van der Waals surface area contributed by atoms with E-state index in [1.165, 1.54) is 4.90 Å². The van der Waals surface area contributed by atoms with E-state index in [9.17, 15) is 19.5 Å². The van der Waals surface area contributed by atoms with E-state index in [-0.39, 0.29) is 23.8 Å². The predicted molar refractivity (Wildman–Crippen MR) is 103 cm³/mol. The standard InChI is InChI=1S/C22H20N2O4/c25-20-16-3-1-2-4-17(16)21(26)24(20)15-9-7-14(8-10-15)18-11-19(18)23(22(27)28)12-13-5-6-13/h1-4,7-10,13,18-19H,5-6,11-12H2,(H,27,28). The highest BCUT2D eigenvalue weighted by Crippen LogP contribution is 2.46. The molecule has 142 valence electrons. The third-order valence-corrected chi connectivity index (χ3v) is 5.93. The van der Waals surface area contributed by atoms with Gasteiger partial charge in [-0.15, -0.1) is 0 Å². The van der Waals surface area contributed by atoms with Crippen LogP contribution < -0.4 is 4.90 Å². The van der Waals surface area contributed by atoms with Gasteiger partial charge in [0.25, 0.3) is 11.8 Å². The number of imide groups is 1. The normalized spacial score (nSPS) is 22.9. The second-order valence-corrected chi connectivity index (χ2v) is 7.87. The number of carbonyl (C=O) groups excluding carboxylic acids is 2. The summed E-state index contributed by atoms with van der Waals surface area (Å²) < 4.78 is 0. The van der Waals surface area contributed by atoms with Crippen LogP contribution in [0.5, 0.6) is 0 Å². The Labute approximate surface area is 162 Å². The molecule has 3 aliphatic rings. The molecule has 2 aromatic carbocycles. The summed E-state index contributed by atoms with van der Waals surface area (Å²) in [7, 11) is 0. The zero-order chi connectivity index (χ0) is 19.4. The van der Waals surface area contributed by atoms with Crippen molar-refractivity contribution in [2.75, 3.05) is 11.4 Å². The monoisotopic (exact) mass is 376 g/mol. The molecule has 2 aliphatic carbocycles. The molecule has 1 N–H and O–H groups in total. The van der Waals surface area contributed by atoms with Crippen molar-refractivity contribution in [2.45, 2.75) is 31.2 Å². The maximum Gasteiger partial charge on any atom is 0.407 e. The molecule has 6 nitrogen and oxygen atoms in total. The molecular weight excluding hydrogens is 356 g/mol. The lowest BCUT2D eigenvalue weighted by Gasteiger charge is -2.19. The summed E-state index contributed by atoms with van der Waals surface area (Å²) in [6, 6.07) is 14.2. The highest BCUT2D eigenvalue weighted by molar-refractivity contribution is 6.34. The summed E-state index contributed by atoms with van der Waals surface area (Å²) >= 11 is 0. The second kappa shape index (κ2) is 6.19. The molecule has 1 heterocycles. The summed E-state index contributed by atoms with van der Waals surface area (Å²) in [5, 5.41) is 9.50. The Morgan fingerprint density at radius 1 is 1.00 bits per heavy atom. The summed E-state index contributed by atoms with van der Waals surface area (Å²) in [5.41, 5.74) is 2.44. The van der Waals surface area contributed by atoms with E-state index < -0.39 is 6.09 Å². The zero-order valence-electron chi connectivity index (χ0n) is 15.2. The lowest BCUT2D eigenvalue weighted by molar-refractivity contribution is 0.0926. The molecule has 0 spiro atoms. The van der Waals surface area contributed by atoms with Crippen molar-refractivity contribution in [1.29, 1.82) is 0 Å². The fourth-order valence-electron chi connectivity index (χ4n) is 4.11. The van der Waals surface area contributed by atoms with Crippen molar-refractivity contribution in [2.24, 2.45) is 5.92 Å². The van der Waals surface area contributed by atoms with Crippen LogP contribution in [0, 0.1) is 5.92 Å². The van der Waals surface area contributed by atoms with Crippen LogP contribution in [0.4, 0.5) is 10.5 Å². The van der Waals surface area contributed by atoms with Crippen LogP contribution >= 0.6 is 0 Å². The number of nitrogens with zero attached hydrogens (tertiary/aromatic N) is 2. The number of carbonyl (C=O) groups is 3. The van der Waals surface area contributed by atoms with Gasteiger partial charge in [-0.2, -0.15) is 0 Å². The number of amides is 3. The van der Waals surface area contributed by atoms with Gasteiger partial charge in [-0.25, -0.2) is 9.69 Å². The smallest absolute Gasteiger partial charge is 0.407 e. The fourth-order valence-corrected chi connectivity index (χ4v) is 4.11. The first-order valence-electron chi connectivity index (χ1n) is 9.62. The van der Waals surface area contributed by atoms with E-state index in [4.69, 9.17) is 0 Å². The van der Waals surface area contributed by atoms with Gasteiger partial charge in [0.2, 0.25) is 0 Å². The van der Waals surface area contributed by atoms with Gasteiger partial charge in [-0.3, -0.25) is 9.59 Å². The van der Waals surface area contributed by atoms with Gasteiger partial charge in [0, 0.05) is 18.5 Å². The van der Waals surface area contributed by atoms with Crippen LogP contribution in [0.25, 0.3) is 0 Å². The second-order valence-electron chi connectivity index (χ2n) is 7.87. The zero-order valence-corrected chi connectivity index (χ0v) is 15.2. The first-order valence-corrected chi connectivity index (χ1v) is 9.62. The third-order valence-electron chi connectivity index (χ3n) is 5.93. The summed E-state index contributed by atoms with van der Waals surface area (Å²) in [4.78, 5) is 39.6. The number of benzene rings is 2. The largest absolute Gasteiger partial charge is 0.465 e. The average molecular weight is 376 g/mol. The molecule has 2 fully saturated rings. The first kappa shape index (κ1) is 17.0. The molecule has 2 unspecified atom stereocenters. The Morgan fingerprint density at radius 2 is 1.61 bits per heavy atom. The minimum absolute atomic E-state index is 0.0308. The fraction of sp³-hybridized carbons (Fsp3) is 0.318. The molecule has 0 aromatic heterocycles. The van der Waals surface area contributed by atoms with Gasteiger partial charge in [0.15, 0.2) is 0 Å². The van der Waals surface area contributed by atoms with Crippen molar-refractivity contribution in [1.82, 2.24) is 4.90 Å². The van der Waals surface area contributed by atoms with E-state index in [0.29, 0.717) is 29.3 Å². The maximum atomic E-state index is 12.6. The highest BCUT2D eigenvalue weighted by Gasteiger charge is 2.46. The Kier molecular flexibility index (Phi) is 3.75. The molecule has 2 atom stereocenters. The van der Waals surface area contributed by atoms with Gasteiger partial charge in [0.1, 0.15) is 0 Å². The van der Waals surface area contributed by atoms with Gasteiger partial charge in [0.05, 0.1) is 16.8 Å². The lowest BCUT2D eigenvalue weighted by atomic mass is 10.1. The number of fused-ring (bicyclic) bond motifs is 1. The number of rotatable bonds is 5. The van der Waals surface area contributed by atoms with Gasteiger partial charge in [-0.1, -0.05) is 24.3 Å². The van der Waals surface area contributed by atoms with E-state index >= 15 is 0 Å². The van der Waals surface area contributed by atoms with Gasteiger partial charge < -0.3 is 10.0 Å². The topological polar surface area (TPSA) is 77.9 Å². The Morgan fingerprint density at radius 3 is 2.14 bits per heavy atom. The minimum Gasteiger partial charge on any atom is -0.465 e. The molecule has 5 rings (SSSR count). The molecule has 6 heteroatoms. The van der Waals surface area contributed by atoms with E-state index in [1.807, 2.05) is 12.1 Å². The minimum atomic E-state index is -0.845. The number of carboxylic acid groups (broad SMARTS) is 1.